The molecule has 0 saturated heterocycles. The van der Waals surface area contributed by atoms with Crippen molar-refractivity contribution in [1.82, 2.24) is 0 Å². The van der Waals surface area contributed by atoms with Gasteiger partial charge in [0.1, 0.15) is 8.07 Å². The van der Waals surface area contributed by atoms with E-state index in [1.807, 2.05) is 0 Å². The fourth-order valence-electron chi connectivity index (χ4n) is 1.61. The quantitative estimate of drug-likeness (QED) is 0.446. The van der Waals surface area contributed by atoms with Crippen molar-refractivity contribution in [2.45, 2.75) is 26.4 Å². The summed E-state index contributed by atoms with van der Waals surface area (Å²) in [7, 11) is -1.36. The van der Waals surface area contributed by atoms with E-state index in [0.717, 1.165) is 0 Å². The summed E-state index contributed by atoms with van der Waals surface area (Å²) in [6.07, 6.45) is 3.63. The first-order valence-electron chi connectivity index (χ1n) is 5.37. The normalized spacial score (nSPS) is 12.9. The van der Waals surface area contributed by atoms with Gasteiger partial charge in [0.05, 0.1) is 0 Å². The second kappa shape index (κ2) is 5.85. The molecule has 2 heteroatoms. The topological polar surface area (TPSA) is 0 Å². The summed E-state index contributed by atoms with van der Waals surface area (Å²) in [5, 5.41) is 3.14. The Kier molecular flexibility index (Phi) is 5.06. The molecule has 0 aromatic heterocycles. The van der Waals surface area contributed by atoms with Gasteiger partial charge >= 0.3 is 0 Å². The number of halogens is 1. The van der Waals surface area contributed by atoms with E-state index in [-0.39, 0.29) is 0 Å². The van der Waals surface area contributed by atoms with Crippen molar-refractivity contribution in [3.8, 4) is 0 Å². The Balaban J connectivity index is 2.92. The van der Waals surface area contributed by atoms with Crippen LogP contribution in [0.15, 0.2) is 41.6 Å². The zero-order valence-electron chi connectivity index (χ0n) is 9.76. The molecule has 0 amide bonds. The molecule has 0 radical (unpaired) electrons. The Labute approximate surface area is 108 Å². The van der Waals surface area contributed by atoms with Gasteiger partial charge in [0.25, 0.3) is 0 Å². The van der Waals surface area contributed by atoms with E-state index in [2.05, 4.69) is 79.0 Å². The maximum Gasteiger partial charge on any atom is 0.106 e. The summed E-state index contributed by atoms with van der Waals surface area (Å²) in [6.45, 7) is 7.16. The van der Waals surface area contributed by atoms with Gasteiger partial charge in [-0.2, -0.15) is 0 Å². The summed E-state index contributed by atoms with van der Waals surface area (Å²) >= 11 is 2.43. The third-order valence-electron chi connectivity index (χ3n) is 3.04. The summed E-state index contributed by atoms with van der Waals surface area (Å²) in [5.74, 6) is 0. The average Bonchev–Trinajstić information content (AvgIpc) is 2.27. The Morgan fingerprint density at radius 1 is 1.27 bits per heavy atom. The fraction of sp³-hybridized carbons (Fsp3) is 0.385. The van der Waals surface area contributed by atoms with Crippen LogP contribution in [0.1, 0.15) is 13.3 Å². The Morgan fingerprint density at radius 2 is 1.87 bits per heavy atom. The van der Waals surface area contributed by atoms with E-state index < -0.39 is 8.07 Å². The van der Waals surface area contributed by atoms with Gasteiger partial charge in [-0.05, 0) is 13.3 Å². The van der Waals surface area contributed by atoms with Crippen molar-refractivity contribution < 1.29 is 0 Å². The van der Waals surface area contributed by atoms with Gasteiger partial charge in [0, 0.05) is 4.43 Å². The number of hydrogen-bond donors (Lipinski definition) is 0. The third-order valence-corrected chi connectivity index (χ3v) is 7.62. The van der Waals surface area contributed by atoms with Crippen LogP contribution in [-0.2, 0) is 0 Å². The molecule has 0 heterocycles. The van der Waals surface area contributed by atoms with Crippen LogP contribution < -0.4 is 5.19 Å². The van der Waals surface area contributed by atoms with Crippen molar-refractivity contribution in [3.63, 3.8) is 0 Å². The molecule has 15 heavy (non-hydrogen) atoms. The van der Waals surface area contributed by atoms with Gasteiger partial charge in [0.2, 0.25) is 0 Å². The molecule has 0 bridgehead atoms. The summed E-state index contributed by atoms with van der Waals surface area (Å²) in [5.41, 5.74) is 0. The van der Waals surface area contributed by atoms with Gasteiger partial charge < -0.3 is 0 Å². The van der Waals surface area contributed by atoms with Crippen LogP contribution in [0, 0.1) is 0 Å². The largest absolute Gasteiger partial charge is 0.106 e. The molecule has 0 saturated carbocycles. The highest BCUT2D eigenvalue weighted by molar-refractivity contribution is 14.1. The molecule has 0 aliphatic carbocycles. The minimum atomic E-state index is -1.36. The van der Waals surface area contributed by atoms with Crippen molar-refractivity contribution in [2.24, 2.45) is 0 Å². The minimum absolute atomic E-state index is 1.20. The predicted molar refractivity (Wildman–Crippen MR) is 80.8 cm³/mol. The smallest absolute Gasteiger partial charge is 0.0883 e. The van der Waals surface area contributed by atoms with Crippen LogP contribution in [0.3, 0.4) is 0 Å². The zero-order valence-corrected chi connectivity index (χ0v) is 12.9. The number of allylic oxidation sites excluding steroid dienone is 2. The van der Waals surface area contributed by atoms with Crippen molar-refractivity contribution >= 4 is 35.9 Å². The van der Waals surface area contributed by atoms with Crippen LogP contribution in [0.25, 0.3) is 0 Å². The lowest BCUT2D eigenvalue weighted by Crippen LogP contribution is -2.42. The lowest BCUT2D eigenvalue weighted by Gasteiger charge is -2.24. The summed E-state index contributed by atoms with van der Waals surface area (Å²) < 4.78 is 1.22. The fourth-order valence-corrected chi connectivity index (χ4v) is 4.06. The molecule has 0 atom stereocenters. The highest BCUT2D eigenvalue weighted by Gasteiger charge is 2.24. The maximum absolute atomic E-state index is 2.43. The number of rotatable bonds is 4. The number of alkyl halides is 1. The lowest BCUT2D eigenvalue weighted by molar-refractivity contribution is 1.25. The average molecular weight is 330 g/mol. The monoisotopic (exact) mass is 330 g/mol. The first kappa shape index (κ1) is 13.0. The van der Waals surface area contributed by atoms with Crippen LogP contribution in [-0.4, -0.2) is 12.5 Å². The van der Waals surface area contributed by atoms with Crippen LogP contribution >= 0.6 is 22.6 Å². The van der Waals surface area contributed by atoms with Crippen molar-refractivity contribution in [1.29, 1.82) is 0 Å². The van der Waals surface area contributed by atoms with E-state index >= 15 is 0 Å². The molecule has 0 unspecified atom stereocenters. The molecule has 0 spiro atoms. The molecule has 1 rings (SSSR count). The molecular formula is C13H19ISi. The Hall–Kier alpha value is -0.0931. The predicted octanol–water partition coefficient (Wildman–Crippen LogP) is 3.91. The lowest BCUT2D eigenvalue weighted by atomic mass is 10.4. The second-order valence-corrected chi connectivity index (χ2v) is 10.1. The molecule has 82 valence electrons. The van der Waals surface area contributed by atoms with Gasteiger partial charge in [-0.1, -0.05) is 82.5 Å². The third kappa shape index (κ3) is 3.45. The van der Waals surface area contributed by atoms with E-state index in [1.54, 1.807) is 5.20 Å². The molecular weight excluding hydrogens is 311 g/mol. The van der Waals surface area contributed by atoms with E-state index in [4.69, 9.17) is 0 Å². The number of hydrogen-bond acceptors (Lipinski definition) is 0. The minimum Gasteiger partial charge on any atom is -0.0883 e. The molecule has 0 fully saturated rings. The van der Waals surface area contributed by atoms with Gasteiger partial charge in [-0.3, -0.25) is 0 Å². The van der Waals surface area contributed by atoms with Crippen LogP contribution in [0.4, 0.5) is 0 Å². The highest BCUT2D eigenvalue weighted by atomic mass is 127. The summed E-state index contributed by atoms with van der Waals surface area (Å²) in [4.78, 5) is 0. The molecule has 0 aliphatic rings. The Bertz CT molecular complexity index is 328. The van der Waals surface area contributed by atoms with Crippen molar-refractivity contribution in [2.75, 3.05) is 4.43 Å². The van der Waals surface area contributed by atoms with Gasteiger partial charge in [0.15, 0.2) is 0 Å². The van der Waals surface area contributed by atoms with Gasteiger partial charge in [-0.25, -0.2) is 0 Å². The van der Waals surface area contributed by atoms with Gasteiger partial charge in [-0.15, -0.1) is 0 Å². The number of benzene rings is 1. The second-order valence-electron chi connectivity index (χ2n) is 4.36. The highest BCUT2D eigenvalue weighted by Crippen LogP contribution is 2.15. The summed E-state index contributed by atoms with van der Waals surface area (Å²) in [6, 6.07) is 10.9. The zero-order chi connectivity index (χ0) is 11.3. The molecule has 0 N–H and O–H groups in total. The Morgan fingerprint density at radius 3 is 2.40 bits per heavy atom. The molecule has 0 nitrogen and oxygen atoms in total. The molecule has 0 aliphatic heterocycles. The molecule has 1 aromatic rings. The van der Waals surface area contributed by atoms with Crippen LogP contribution in [0.2, 0.25) is 13.1 Å². The molecule has 1 aromatic carbocycles. The first-order valence-corrected chi connectivity index (χ1v) is 9.90. The van der Waals surface area contributed by atoms with E-state index in [0.29, 0.717) is 0 Å². The van der Waals surface area contributed by atoms with Crippen molar-refractivity contribution in [3.05, 3.63) is 41.6 Å². The maximum atomic E-state index is 2.43. The SMILES string of the molecule is C/C(=C\CCI)[Si](C)(C)c1ccccc1. The van der Waals surface area contributed by atoms with E-state index in [1.165, 1.54) is 16.0 Å². The first-order chi connectivity index (χ1) is 7.09. The standard InChI is InChI=1S/C13H19ISi/c1-12(8-7-11-14)15(2,3)13-9-5-4-6-10-13/h4-6,8-10H,7,11H2,1-3H3/b12-8+. The van der Waals surface area contributed by atoms with E-state index in [9.17, 15) is 0 Å². The van der Waals surface area contributed by atoms with Crippen LogP contribution in [0.5, 0.6) is 0 Å².